The number of nitro benzene ring substituents is 1. The summed E-state index contributed by atoms with van der Waals surface area (Å²) in [6.07, 6.45) is 0. The molecular formula is C8H9Cl2N3O4S. The second-order valence-electron chi connectivity index (χ2n) is 3.33. The highest BCUT2D eigenvalue weighted by atomic mass is 35.5. The van der Waals surface area contributed by atoms with Gasteiger partial charge in [0, 0.05) is 12.6 Å². The Morgan fingerprint density at radius 1 is 1.33 bits per heavy atom. The van der Waals surface area contributed by atoms with Gasteiger partial charge in [0.1, 0.15) is 5.69 Å². The Morgan fingerprint density at radius 2 is 1.89 bits per heavy atom. The fourth-order valence-electron chi connectivity index (χ4n) is 1.16. The molecule has 0 saturated heterocycles. The van der Waals surface area contributed by atoms with E-state index in [-0.39, 0.29) is 33.7 Å². The zero-order valence-corrected chi connectivity index (χ0v) is 11.2. The third-order valence-corrected chi connectivity index (χ3v) is 3.43. The molecule has 0 aliphatic heterocycles. The number of rotatable bonds is 5. The van der Waals surface area contributed by atoms with Gasteiger partial charge in [-0.2, -0.15) is 0 Å². The lowest BCUT2D eigenvalue weighted by atomic mass is 10.2. The van der Waals surface area contributed by atoms with E-state index in [1.165, 1.54) is 6.07 Å². The van der Waals surface area contributed by atoms with E-state index in [1.807, 2.05) is 0 Å². The van der Waals surface area contributed by atoms with Crippen LogP contribution in [0.2, 0.25) is 10.0 Å². The van der Waals surface area contributed by atoms with Crippen LogP contribution in [0.1, 0.15) is 0 Å². The number of benzene rings is 1. The highest BCUT2D eigenvalue weighted by Gasteiger charge is 2.17. The van der Waals surface area contributed by atoms with Crippen LogP contribution in [0.5, 0.6) is 0 Å². The van der Waals surface area contributed by atoms with Gasteiger partial charge in [-0.15, -0.1) is 0 Å². The Bertz CT molecular complexity index is 576. The van der Waals surface area contributed by atoms with Crippen molar-refractivity contribution in [3.8, 4) is 0 Å². The summed E-state index contributed by atoms with van der Waals surface area (Å²) in [5.74, 6) is -0.357. The topological polar surface area (TPSA) is 115 Å². The molecule has 1 aromatic carbocycles. The van der Waals surface area contributed by atoms with E-state index in [0.29, 0.717) is 0 Å². The molecule has 0 heterocycles. The molecule has 1 rings (SSSR count). The summed E-state index contributed by atoms with van der Waals surface area (Å²) < 4.78 is 21.4. The quantitative estimate of drug-likeness (QED) is 0.632. The average Bonchev–Trinajstić information content (AvgIpc) is 2.20. The number of anilines is 1. The molecule has 0 saturated carbocycles. The van der Waals surface area contributed by atoms with Gasteiger partial charge in [0.15, 0.2) is 0 Å². The van der Waals surface area contributed by atoms with Crippen molar-refractivity contribution < 1.29 is 13.3 Å². The fourth-order valence-corrected chi connectivity index (χ4v) is 1.87. The summed E-state index contributed by atoms with van der Waals surface area (Å²) in [5.41, 5.74) is -0.211. The molecule has 0 amide bonds. The maximum atomic E-state index is 10.8. The normalized spacial score (nSPS) is 11.3. The van der Waals surface area contributed by atoms with E-state index in [0.717, 1.165) is 6.07 Å². The van der Waals surface area contributed by atoms with Crippen LogP contribution >= 0.6 is 23.2 Å². The number of nitrogens with one attached hydrogen (secondary N) is 1. The molecule has 18 heavy (non-hydrogen) atoms. The molecule has 0 unspecified atom stereocenters. The van der Waals surface area contributed by atoms with Crippen LogP contribution in [0, 0.1) is 10.1 Å². The second-order valence-corrected chi connectivity index (χ2v) is 5.88. The molecule has 0 fully saturated rings. The third-order valence-electron chi connectivity index (χ3n) is 1.94. The first-order valence-corrected chi connectivity index (χ1v) is 7.05. The van der Waals surface area contributed by atoms with Crippen LogP contribution < -0.4 is 10.5 Å². The summed E-state index contributed by atoms with van der Waals surface area (Å²) in [5, 5.41) is 18.3. The number of hydrogen-bond acceptors (Lipinski definition) is 5. The van der Waals surface area contributed by atoms with E-state index >= 15 is 0 Å². The van der Waals surface area contributed by atoms with E-state index in [2.05, 4.69) is 5.32 Å². The Kier molecular flexibility index (Phi) is 4.74. The monoisotopic (exact) mass is 313 g/mol. The molecule has 0 atom stereocenters. The van der Waals surface area contributed by atoms with Crippen LogP contribution in [-0.2, 0) is 10.0 Å². The minimum atomic E-state index is -3.64. The smallest absolute Gasteiger partial charge is 0.293 e. The van der Waals surface area contributed by atoms with Crippen LogP contribution in [0.15, 0.2) is 12.1 Å². The number of hydrogen-bond donors (Lipinski definition) is 2. The molecule has 0 aliphatic carbocycles. The molecule has 0 bridgehead atoms. The standard InChI is InChI=1S/C8H9Cl2N3O4S/c9-5-3-7(12-1-2-18(11,16)17)8(13(14)15)4-6(5)10/h3-4,12H,1-2H2,(H2,11,16,17). The van der Waals surface area contributed by atoms with Crippen molar-refractivity contribution in [2.24, 2.45) is 5.14 Å². The van der Waals surface area contributed by atoms with E-state index < -0.39 is 14.9 Å². The van der Waals surface area contributed by atoms with Crippen molar-refractivity contribution in [1.82, 2.24) is 0 Å². The predicted octanol–water partition coefficient (Wildman–Crippen LogP) is 1.60. The minimum absolute atomic E-state index is 0.0420. The summed E-state index contributed by atoms with van der Waals surface area (Å²) in [7, 11) is -3.64. The molecule has 3 N–H and O–H groups in total. The van der Waals surface area contributed by atoms with Crippen molar-refractivity contribution >= 4 is 44.6 Å². The predicted molar refractivity (Wildman–Crippen MR) is 69.6 cm³/mol. The number of sulfonamides is 1. The number of primary sulfonamides is 1. The second kappa shape index (κ2) is 5.70. The Hall–Kier alpha value is -1.09. The number of nitrogens with two attached hydrogens (primary N) is 1. The molecule has 0 radical (unpaired) electrons. The molecule has 100 valence electrons. The van der Waals surface area contributed by atoms with Gasteiger partial charge in [-0.05, 0) is 6.07 Å². The van der Waals surface area contributed by atoms with Crippen LogP contribution in [0.4, 0.5) is 11.4 Å². The molecule has 0 aliphatic rings. The summed E-state index contributed by atoms with van der Waals surface area (Å²) in [6, 6.07) is 2.34. The first-order chi connectivity index (χ1) is 8.20. The van der Waals surface area contributed by atoms with E-state index in [9.17, 15) is 18.5 Å². The van der Waals surface area contributed by atoms with Gasteiger partial charge in [0.05, 0.1) is 20.7 Å². The lowest BCUT2D eigenvalue weighted by Crippen LogP contribution is -2.22. The maximum absolute atomic E-state index is 10.8. The Morgan fingerprint density at radius 3 is 2.39 bits per heavy atom. The summed E-state index contributed by atoms with van der Waals surface area (Å²) in [4.78, 5) is 10.1. The number of nitro groups is 1. The summed E-state index contributed by atoms with van der Waals surface area (Å²) >= 11 is 11.4. The average molecular weight is 314 g/mol. The largest absolute Gasteiger partial charge is 0.378 e. The minimum Gasteiger partial charge on any atom is -0.378 e. The lowest BCUT2D eigenvalue weighted by Gasteiger charge is -2.07. The highest BCUT2D eigenvalue weighted by Crippen LogP contribution is 2.33. The highest BCUT2D eigenvalue weighted by molar-refractivity contribution is 7.89. The van der Waals surface area contributed by atoms with Crippen LogP contribution in [0.25, 0.3) is 0 Å². The van der Waals surface area contributed by atoms with E-state index in [1.54, 1.807) is 0 Å². The number of halogens is 2. The van der Waals surface area contributed by atoms with Crippen molar-refractivity contribution in [1.29, 1.82) is 0 Å². The Balaban J connectivity index is 2.94. The van der Waals surface area contributed by atoms with Gasteiger partial charge in [-0.3, -0.25) is 10.1 Å². The van der Waals surface area contributed by atoms with Crippen molar-refractivity contribution in [2.45, 2.75) is 0 Å². The zero-order chi connectivity index (χ0) is 13.9. The van der Waals surface area contributed by atoms with Crippen LogP contribution in [0.3, 0.4) is 0 Å². The third kappa shape index (κ3) is 4.30. The van der Waals surface area contributed by atoms with Gasteiger partial charge in [-0.25, -0.2) is 13.6 Å². The molecule has 1 aromatic rings. The SMILES string of the molecule is NS(=O)(=O)CCNc1cc(Cl)c(Cl)cc1[N+](=O)[O-]. The first kappa shape index (κ1) is 15.0. The van der Waals surface area contributed by atoms with Gasteiger partial charge in [0.2, 0.25) is 10.0 Å². The lowest BCUT2D eigenvalue weighted by molar-refractivity contribution is -0.383. The molecule has 0 aromatic heterocycles. The van der Waals surface area contributed by atoms with Crippen LogP contribution in [-0.4, -0.2) is 25.6 Å². The summed E-state index contributed by atoms with van der Waals surface area (Å²) in [6.45, 7) is -0.0718. The van der Waals surface area contributed by atoms with Gasteiger partial charge >= 0.3 is 0 Å². The van der Waals surface area contributed by atoms with Crippen molar-refractivity contribution in [2.75, 3.05) is 17.6 Å². The van der Waals surface area contributed by atoms with Gasteiger partial charge < -0.3 is 5.32 Å². The zero-order valence-electron chi connectivity index (χ0n) is 8.89. The van der Waals surface area contributed by atoms with E-state index in [4.69, 9.17) is 28.3 Å². The molecule has 7 nitrogen and oxygen atoms in total. The fraction of sp³-hybridized carbons (Fsp3) is 0.250. The van der Waals surface area contributed by atoms with Gasteiger partial charge in [0.25, 0.3) is 5.69 Å². The van der Waals surface area contributed by atoms with Crippen molar-refractivity contribution in [3.05, 3.63) is 32.3 Å². The van der Waals surface area contributed by atoms with Gasteiger partial charge in [-0.1, -0.05) is 23.2 Å². The first-order valence-electron chi connectivity index (χ1n) is 4.58. The number of nitrogens with zero attached hydrogens (tertiary/aromatic N) is 1. The molecule has 10 heteroatoms. The molecular weight excluding hydrogens is 305 g/mol. The maximum Gasteiger partial charge on any atom is 0.293 e. The van der Waals surface area contributed by atoms with Crippen molar-refractivity contribution in [3.63, 3.8) is 0 Å². The molecule has 0 spiro atoms. The Labute approximate surface area is 113 Å².